The van der Waals surface area contributed by atoms with Crippen molar-refractivity contribution in [1.29, 1.82) is 0 Å². The van der Waals surface area contributed by atoms with Crippen LogP contribution in [0.5, 0.6) is 0 Å². The first-order valence-electron chi connectivity index (χ1n) is 9.22. The van der Waals surface area contributed by atoms with Gasteiger partial charge in [0.2, 0.25) is 5.91 Å². The Labute approximate surface area is 161 Å². The Morgan fingerprint density at radius 3 is 2.86 bits per heavy atom. The molecule has 0 aliphatic carbocycles. The summed E-state index contributed by atoms with van der Waals surface area (Å²) in [6.07, 6.45) is 5.14. The number of carbonyl (C=O) groups excluding carboxylic acids is 2. The van der Waals surface area contributed by atoms with Crippen LogP contribution < -0.4 is 5.73 Å². The van der Waals surface area contributed by atoms with Crippen molar-refractivity contribution in [2.45, 2.75) is 25.3 Å². The van der Waals surface area contributed by atoms with E-state index in [0.717, 1.165) is 24.2 Å². The first kappa shape index (κ1) is 18.0. The number of hydrogen-bond acceptors (Lipinski definition) is 5. The van der Waals surface area contributed by atoms with Crippen LogP contribution in [-0.4, -0.2) is 44.5 Å². The monoisotopic (exact) mass is 379 g/mol. The van der Waals surface area contributed by atoms with Crippen LogP contribution in [0.3, 0.4) is 0 Å². The third-order valence-electron chi connectivity index (χ3n) is 4.94. The Morgan fingerprint density at radius 2 is 2.07 bits per heavy atom. The first-order chi connectivity index (χ1) is 13.6. The lowest BCUT2D eigenvalue weighted by Gasteiger charge is -2.32. The molecule has 4 rings (SSSR count). The maximum atomic E-state index is 12.9. The molecule has 0 spiro atoms. The van der Waals surface area contributed by atoms with E-state index in [2.05, 4.69) is 10.1 Å². The zero-order valence-corrected chi connectivity index (χ0v) is 15.3. The van der Waals surface area contributed by atoms with Gasteiger partial charge in [-0.3, -0.25) is 9.59 Å². The number of carbonyl (C=O) groups is 2. The predicted octanol–water partition coefficient (Wildman–Crippen LogP) is 2.04. The maximum Gasteiger partial charge on any atom is 0.276 e. The molecular weight excluding hydrogens is 358 g/mol. The number of benzene rings is 1. The van der Waals surface area contributed by atoms with Gasteiger partial charge in [0.25, 0.3) is 5.91 Å². The normalized spacial score (nSPS) is 16.9. The standard InChI is InChI=1S/C20H21N5O3/c21-18(26)13-24-10-8-22-19(24)15-7-4-9-25(12-15)20(27)16-11-17(28-23-16)14-5-2-1-3-6-14/h1-3,5-6,8,10-11,15H,4,7,9,12-13H2,(H2,21,26)/t15-/m1/s1. The Morgan fingerprint density at radius 1 is 1.25 bits per heavy atom. The lowest BCUT2D eigenvalue weighted by atomic mass is 9.96. The molecule has 2 amide bonds. The maximum absolute atomic E-state index is 12.9. The lowest BCUT2D eigenvalue weighted by Crippen LogP contribution is -2.40. The number of amides is 2. The molecule has 1 atom stereocenters. The average Bonchev–Trinajstić information content (AvgIpc) is 3.37. The van der Waals surface area contributed by atoms with Gasteiger partial charge in [0.1, 0.15) is 12.4 Å². The minimum Gasteiger partial charge on any atom is -0.368 e. The van der Waals surface area contributed by atoms with Crippen molar-refractivity contribution in [1.82, 2.24) is 19.6 Å². The zero-order valence-electron chi connectivity index (χ0n) is 15.3. The summed E-state index contributed by atoms with van der Waals surface area (Å²) in [4.78, 5) is 30.3. The van der Waals surface area contributed by atoms with Crippen LogP contribution >= 0.6 is 0 Å². The predicted molar refractivity (Wildman–Crippen MR) is 101 cm³/mol. The van der Waals surface area contributed by atoms with E-state index in [1.54, 1.807) is 27.9 Å². The first-order valence-corrected chi connectivity index (χ1v) is 9.22. The minimum atomic E-state index is -0.418. The number of rotatable bonds is 5. The summed E-state index contributed by atoms with van der Waals surface area (Å²) in [6, 6.07) is 11.2. The quantitative estimate of drug-likeness (QED) is 0.730. The van der Waals surface area contributed by atoms with E-state index < -0.39 is 5.91 Å². The van der Waals surface area contributed by atoms with Crippen LogP contribution in [0, 0.1) is 0 Å². The van der Waals surface area contributed by atoms with Crippen LogP contribution in [0.4, 0.5) is 0 Å². The molecule has 1 aliphatic heterocycles. The fraction of sp³-hybridized carbons (Fsp3) is 0.300. The number of nitrogens with two attached hydrogens (primary N) is 1. The minimum absolute atomic E-state index is 0.0487. The van der Waals surface area contributed by atoms with Gasteiger partial charge in [0, 0.05) is 43.0 Å². The third-order valence-corrected chi connectivity index (χ3v) is 4.94. The second kappa shape index (κ2) is 7.67. The molecule has 1 aromatic carbocycles. The van der Waals surface area contributed by atoms with Crippen molar-refractivity contribution >= 4 is 11.8 Å². The van der Waals surface area contributed by atoms with Gasteiger partial charge in [-0.2, -0.15) is 0 Å². The van der Waals surface area contributed by atoms with Gasteiger partial charge in [0.05, 0.1) is 0 Å². The van der Waals surface area contributed by atoms with Crippen LogP contribution in [0.25, 0.3) is 11.3 Å². The SMILES string of the molecule is NC(=O)Cn1ccnc1[C@@H]1CCCN(C(=O)c2cc(-c3ccccc3)on2)C1. The van der Waals surface area contributed by atoms with E-state index in [1.165, 1.54) is 0 Å². The van der Waals surface area contributed by atoms with Crippen molar-refractivity contribution in [2.24, 2.45) is 5.73 Å². The summed E-state index contributed by atoms with van der Waals surface area (Å²) in [6.45, 7) is 1.25. The molecule has 1 fully saturated rings. The number of aromatic nitrogens is 3. The van der Waals surface area contributed by atoms with E-state index in [9.17, 15) is 9.59 Å². The molecule has 0 saturated carbocycles. The van der Waals surface area contributed by atoms with Gasteiger partial charge in [-0.1, -0.05) is 35.5 Å². The van der Waals surface area contributed by atoms with Crippen molar-refractivity contribution in [2.75, 3.05) is 13.1 Å². The van der Waals surface area contributed by atoms with Gasteiger partial charge in [0.15, 0.2) is 11.5 Å². The molecule has 3 heterocycles. The van der Waals surface area contributed by atoms with Crippen LogP contribution in [-0.2, 0) is 11.3 Å². The number of hydrogen-bond donors (Lipinski definition) is 1. The largest absolute Gasteiger partial charge is 0.368 e. The van der Waals surface area contributed by atoms with Crippen LogP contribution in [0.1, 0.15) is 35.1 Å². The Kier molecular flexibility index (Phi) is 4.92. The number of imidazole rings is 1. The summed E-state index contributed by atoms with van der Waals surface area (Å²) in [7, 11) is 0. The van der Waals surface area contributed by atoms with Gasteiger partial charge in [-0.15, -0.1) is 0 Å². The van der Waals surface area contributed by atoms with Crippen molar-refractivity contribution in [3.8, 4) is 11.3 Å². The highest BCUT2D eigenvalue weighted by molar-refractivity contribution is 5.93. The van der Waals surface area contributed by atoms with Crippen molar-refractivity contribution < 1.29 is 14.1 Å². The summed E-state index contributed by atoms with van der Waals surface area (Å²) in [5, 5.41) is 3.96. The molecular formula is C20H21N5O3. The summed E-state index contributed by atoms with van der Waals surface area (Å²) < 4.78 is 7.11. The Hall–Kier alpha value is -3.42. The topological polar surface area (TPSA) is 107 Å². The molecule has 28 heavy (non-hydrogen) atoms. The molecule has 2 N–H and O–H groups in total. The molecule has 0 unspecified atom stereocenters. The van der Waals surface area contributed by atoms with E-state index in [0.29, 0.717) is 24.5 Å². The van der Waals surface area contributed by atoms with E-state index in [-0.39, 0.29) is 18.4 Å². The van der Waals surface area contributed by atoms with Crippen molar-refractivity contribution in [3.05, 3.63) is 60.3 Å². The number of likely N-dealkylation sites (tertiary alicyclic amines) is 1. The van der Waals surface area contributed by atoms with Gasteiger partial charge >= 0.3 is 0 Å². The van der Waals surface area contributed by atoms with E-state index in [1.807, 2.05) is 30.3 Å². The summed E-state index contributed by atoms with van der Waals surface area (Å²) >= 11 is 0. The molecule has 144 valence electrons. The fourth-order valence-electron chi connectivity index (χ4n) is 3.63. The summed E-state index contributed by atoms with van der Waals surface area (Å²) in [5.41, 5.74) is 6.48. The molecule has 2 aromatic heterocycles. The Balaban J connectivity index is 1.49. The third kappa shape index (κ3) is 3.66. The second-order valence-electron chi connectivity index (χ2n) is 6.91. The molecule has 8 nitrogen and oxygen atoms in total. The van der Waals surface area contributed by atoms with Crippen molar-refractivity contribution in [3.63, 3.8) is 0 Å². The van der Waals surface area contributed by atoms with E-state index >= 15 is 0 Å². The van der Waals surface area contributed by atoms with E-state index in [4.69, 9.17) is 10.3 Å². The molecule has 8 heteroatoms. The van der Waals surface area contributed by atoms with Crippen LogP contribution in [0.15, 0.2) is 53.3 Å². The Bertz CT molecular complexity index is 979. The second-order valence-corrected chi connectivity index (χ2v) is 6.91. The fourth-order valence-corrected chi connectivity index (χ4v) is 3.63. The highest BCUT2D eigenvalue weighted by Gasteiger charge is 2.29. The van der Waals surface area contributed by atoms with Crippen LogP contribution in [0.2, 0.25) is 0 Å². The lowest BCUT2D eigenvalue weighted by molar-refractivity contribution is -0.118. The molecule has 0 radical (unpaired) electrons. The smallest absolute Gasteiger partial charge is 0.276 e. The number of primary amides is 1. The van der Waals surface area contributed by atoms with Gasteiger partial charge in [-0.05, 0) is 12.8 Å². The average molecular weight is 379 g/mol. The molecule has 3 aromatic rings. The van der Waals surface area contributed by atoms with Gasteiger partial charge in [-0.25, -0.2) is 4.98 Å². The highest BCUT2D eigenvalue weighted by Crippen LogP contribution is 2.27. The van der Waals surface area contributed by atoms with Gasteiger partial charge < -0.3 is 19.7 Å². The number of piperidine rings is 1. The number of nitrogens with zero attached hydrogens (tertiary/aromatic N) is 4. The molecule has 0 bridgehead atoms. The molecule has 1 saturated heterocycles. The summed E-state index contributed by atoms with van der Waals surface area (Å²) in [5.74, 6) is 0.811. The highest BCUT2D eigenvalue weighted by atomic mass is 16.5. The molecule has 1 aliphatic rings. The zero-order chi connectivity index (χ0) is 19.5.